The first-order valence-electron chi connectivity index (χ1n) is 4.11. The summed E-state index contributed by atoms with van der Waals surface area (Å²) in [5.74, 6) is 0. The van der Waals surface area contributed by atoms with E-state index in [0.29, 0.717) is 6.54 Å². The molecule has 3 heteroatoms. The number of nitrogens with zero attached hydrogens (tertiary/aromatic N) is 1. The molecule has 1 aromatic heterocycles. The summed E-state index contributed by atoms with van der Waals surface area (Å²) in [5.41, 5.74) is 6.50. The quantitative estimate of drug-likeness (QED) is 0.711. The van der Waals surface area contributed by atoms with Crippen molar-refractivity contribution in [3.8, 4) is 0 Å². The third-order valence-electron chi connectivity index (χ3n) is 1.73. The Morgan fingerprint density at radius 3 is 2.92 bits per heavy atom. The maximum absolute atomic E-state index is 11.2. The van der Waals surface area contributed by atoms with Crippen LogP contribution in [0.15, 0.2) is 23.1 Å². The molecule has 0 spiro atoms. The highest BCUT2D eigenvalue weighted by Crippen LogP contribution is 1.92. The SMILES string of the molecule is Cc1ccc(=O)n(CCCN)c1. The molecule has 0 amide bonds. The van der Waals surface area contributed by atoms with E-state index in [9.17, 15) is 4.79 Å². The molecule has 0 aliphatic carbocycles. The second-order valence-corrected chi connectivity index (χ2v) is 2.88. The summed E-state index contributed by atoms with van der Waals surface area (Å²) in [5, 5.41) is 0. The lowest BCUT2D eigenvalue weighted by Crippen LogP contribution is -2.20. The molecule has 0 unspecified atom stereocenters. The van der Waals surface area contributed by atoms with E-state index in [0.717, 1.165) is 18.5 Å². The molecule has 12 heavy (non-hydrogen) atoms. The summed E-state index contributed by atoms with van der Waals surface area (Å²) in [7, 11) is 0. The van der Waals surface area contributed by atoms with Crippen molar-refractivity contribution in [1.29, 1.82) is 0 Å². The van der Waals surface area contributed by atoms with Crippen molar-refractivity contribution in [2.24, 2.45) is 5.73 Å². The van der Waals surface area contributed by atoms with Crippen LogP contribution in [0.1, 0.15) is 12.0 Å². The van der Waals surface area contributed by atoms with Crippen molar-refractivity contribution in [2.45, 2.75) is 19.9 Å². The first kappa shape index (κ1) is 9.00. The smallest absolute Gasteiger partial charge is 0.250 e. The predicted molar refractivity (Wildman–Crippen MR) is 49.1 cm³/mol. The molecule has 0 bridgehead atoms. The van der Waals surface area contributed by atoms with Crippen LogP contribution in [0.25, 0.3) is 0 Å². The second kappa shape index (κ2) is 4.07. The molecule has 0 aliphatic heterocycles. The standard InChI is InChI=1S/C9H14N2O/c1-8-3-4-9(12)11(7-8)6-2-5-10/h3-4,7H,2,5-6,10H2,1H3. The number of rotatable bonds is 3. The molecule has 1 rings (SSSR count). The number of aromatic nitrogens is 1. The Hall–Kier alpha value is -1.09. The normalized spacial score (nSPS) is 10.2. The summed E-state index contributed by atoms with van der Waals surface area (Å²) >= 11 is 0. The molecule has 0 atom stereocenters. The minimum atomic E-state index is 0.0500. The van der Waals surface area contributed by atoms with Crippen molar-refractivity contribution >= 4 is 0 Å². The fourth-order valence-electron chi connectivity index (χ4n) is 1.09. The number of aryl methyl sites for hydroxylation is 2. The Bertz CT molecular complexity index is 304. The zero-order valence-corrected chi connectivity index (χ0v) is 7.29. The van der Waals surface area contributed by atoms with E-state index in [4.69, 9.17) is 5.73 Å². The van der Waals surface area contributed by atoms with E-state index in [1.54, 1.807) is 10.6 Å². The van der Waals surface area contributed by atoms with Gasteiger partial charge in [-0.15, -0.1) is 0 Å². The van der Waals surface area contributed by atoms with Crippen molar-refractivity contribution < 1.29 is 0 Å². The summed E-state index contributed by atoms with van der Waals surface area (Å²) in [6.07, 6.45) is 2.71. The first-order chi connectivity index (χ1) is 5.74. The van der Waals surface area contributed by atoms with E-state index in [-0.39, 0.29) is 5.56 Å². The average Bonchev–Trinajstić information content (AvgIpc) is 2.07. The highest BCUT2D eigenvalue weighted by molar-refractivity contribution is 5.06. The van der Waals surface area contributed by atoms with Gasteiger partial charge in [0.1, 0.15) is 0 Å². The van der Waals surface area contributed by atoms with Gasteiger partial charge in [0, 0.05) is 18.8 Å². The first-order valence-corrected chi connectivity index (χ1v) is 4.11. The number of hydrogen-bond donors (Lipinski definition) is 1. The summed E-state index contributed by atoms with van der Waals surface area (Å²) in [6.45, 7) is 3.32. The Labute approximate surface area is 71.8 Å². The van der Waals surface area contributed by atoms with E-state index < -0.39 is 0 Å². The molecular formula is C9H14N2O. The molecule has 0 radical (unpaired) electrons. The maximum Gasteiger partial charge on any atom is 0.250 e. The number of nitrogens with two attached hydrogens (primary N) is 1. The zero-order valence-electron chi connectivity index (χ0n) is 7.29. The fraction of sp³-hybridized carbons (Fsp3) is 0.444. The molecule has 1 aromatic rings. The van der Waals surface area contributed by atoms with Crippen LogP contribution in [0.5, 0.6) is 0 Å². The summed E-state index contributed by atoms with van der Waals surface area (Å²) < 4.78 is 1.70. The molecule has 0 aromatic carbocycles. The van der Waals surface area contributed by atoms with Crippen LogP contribution in [-0.4, -0.2) is 11.1 Å². The van der Waals surface area contributed by atoms with Gasteiger partial charge in [0.05, 0.1) is 0 Å². The van der Waals surface area contributed by atoms with E-state index in [1.165, 1.54) is 0 Å². The third-order valence-corrected chi connectivity index (χ3v) is 1.73. The Morgan fingerprint density at radius 2 is 2.25 bits per heavy atom. The predicted octanol–water partition coefficient (Wildman–Crippen LogP) is 0.506. The monoisotopic (exact) mass is 166 g/mol. The van der Waals surface area contributed by atoms with Gasteiger partial charge in [-0.3, -0.25) is 4.79 Å². The van der Waals surface area contributed by atoms with Gasteiger partial charge in [0.15, 0.2) is 0 Å². The van der Waals surface area contributed by atoms with E-state index in [2.05, 4.69) is 0 Å². The summed E-state index contributed by atoms with van der Waals surface area (Å²) in [6, 6.07) is 3.41. The van der Waals surface area contributed by atoms with Crippen molar-refractivity contribution in [3.05, 3.63) is 34.2 Å². The van der Waals surface area contributed by atoms with Gasteiger partial charge in [0.2, 0.25) is 0 Å². The van der Waals surface area contributed by atoms with Crippen molar-refractivity contribution in [3.63, 3.8) is 0 Å². The Morgan fingerprint density at radius 1 is 1.50 bits per heavy atom. The van der Waals surface area contributed by atoms with Gasteiger partial charge in [-0.1, -0.05) is 6.07 Å². The molecule has 0 aliphatic rings. The largest absolute Gasteiger partial charge is 0.330 e. The molecule has 0 saturated heterocycles. The van der Waals surface area contributed by atoms with Gasteiger partial charge in [-0.05, 0) is 25.5 Å². The lowest BCUT2D eigenvalue weighted by Gasteiger charge is -2.04. The third kappa shape index (κ3) is 2.20. The molecule has 0 fully saturated rings. The maximum atomic E-state index is 11.2. The van der Waals surface area contributed by atoms with Crippen molar-refractivity contribution in [2.75, 3.05) is 6.54 Å². The molecule has 1 heterocycles. The van der Waals surface area contributed by atoms with Crippen molar-refractivity contribution in [1.82, 2.24) is 4.57 Å². The highest BCUT2D eigenvalue weighted by atomic mass is 16.1. The molecular weight excluding hydrogens is 152 g/mol. The van der Waals surface area contributed by atoms with Gasteiger partial charge in [-0.25, -0.2) is 0 Å². The lowest BCUT2D eigenvalue weighted by molar-refractivity contribution is 0.627. The van der Waals surface area contributed by atoms with Gasteiger partial charge in [-0.2, -0.15) is 0 Å². The molecule has 3 nitrogen and oxygen atoms in total. The van der Waals surface area contributed by atoms with Crippen LogP contribution in [-0.2, 0) is 6.54 Å². The Balaban J connectivity index is 2.83. The fourth-order valence-corrected chi connectivity index (χ4v) is 1.09. The molecule has 66 valence electrons. The van der Waals surface area contributed by atoms with E-state index >= 15 is 0 Å². The van der Waals surface area contributed by atoms with Gasteiger partial charge in [0.25, 0.3) is 5.56 Å². The average molecular weight is 166 g/mol. The molecule has 0 saturated carbocycles. The minimum absolute atomic E-state index is 0.0500. The van der Waals surface area contributed by atoms with Crippen LogP contribution < -0.4 is 11.3 Å². The van der Waals surface area contributed by atoms with Crippen LogP contribution in [0.4, 0.5) is 0 Å². The van der Waals surface area contributed by atoms with Gasteiger partial charge < -0.3 is 10.3 Å². The van der Waals surface area contributed by atoms with Crippen LogP contribution in [0, 0.1) is 6.92 Å². The lowest BCUT2D eigenvalue weighted by atomic mass is 10.3. The Kier molecular flexibility index (Phi) is 3.05. The second-order valence-electron chi connectivity index (χ2n) is 2.88. The minimum Gasteiger partial charge on any atom is -0.330 e. The zero-order chi connectivity index (χ0) is 8.97. The van der Waals surface area contributed by atoms with E-state index in [1.807, 2.05) is 19.2 Å². The topological polar surface area (TPSA) is 48.0 Å². The van der Waals surface area contributed by atoms with Crippen LogP contribution in [0.2, 0.25) is 0 Å². The highest BCUT2D eigenvalue weighted by Gasteiger charge is 1.93. The van der Waals surface area contributed by atoms with Crippen LogP contribution >= 0.6 is 0 Å². The number of hydrogen-bond acceptors (Lipinski definition) is 2. The molecule has 2 N–H and O–H groups in total. The number of pyridine rings is 1. The van der Waals surface area contributed by atoms with Crippen LogP contribution in [0.3, 0.4) is 0 Å². The summed E-state index contributed by atoms with van der Waals surface area (Å²) in [4.78, 5) is 11.2. The van der Waals surface area contributed by atoms with Gasteiger partial charge >= 0.3 is 0 Å².